The fourth-order valence-corrected chi connectivity index (χ4v) is 2.54. The van der Waals surface area contributed by atoms with Gasteiger partial charge < -0.3 is 5.11 Å². The van der Waals surface area contributed by atoms with Crippen LogP contribution in [0.1, 0.15) is 24.8 Å². The summed E-state index contributed by atoms with van der Waals surface area (Å²) < 4.78 is 0. The van der Waals surface area contributed by atoms with Crippen molar-refractivity contribution in [2.75, 3.05) is 6.54 Å². The van der Waals surface area contributed by atoms with Gasteiger partial charge in [0.25, 0.3) is 5.69 Å². The van der Waals surface area contributed by atoms with Crippen LogP contribution in [0.5, 0.6) is 0 Å². The summed E-state index contributed by atoms with van der Waals surface area (Å²) in [4.78, 5) is 23.2. The molecule has 0 aromatic heterocycles. The molecule has 1 atom stereocenters. The SMILES string of the molecule is O=C(O)CC1CCCN1Cc1cccc([N+](=O)[O-])c1. The molecule has 1 fully saturated rings. The molecule has 0 saturated carbocycles. The molecule has 102 valence electrons. The number of nitro groups is 1. The average Bonchev–Trinajstić information content (AvgIpc) is 2.76. The number of nitro benzene ring substituents is 1. The Bertz CT molecular complexity index is 489. The lowest BCUT2D eigenvalue weighted by molar-refractivity contribution is -0.384. The second kappa shape index (κ2) is 5.79. The number of hydrogen-bond acceptors (Lipinski definition) is 4. The zero-order chi connectivity index (χ0) is 13.8. The molecular weight excluding hydrogens is 248 g/mol. The van der Waals surface area contributed by atoms with E-state index in [4.69, 9.17) is 5.11 Å². The van der Waals surface area contributed by atoms with Gasteiger partial charge >= 0.3 is 5.97 Å². The van der Waals surface area contributed by atoms with Gasteiger partial charge in [-0.3, -0.25) is 19.8 Å². The number of carbonyl (C=O) groups is 1. The molecule has 1 saturated heterocycles. The van der Waals surface area contributed by atoms with E-state index < -0.39 is 10.9 Å². The predicted octanol–water partition coefficient (Wildman–Crippen LogP) is 2.03. The Kier molecular flexibility index (Phi) is 4.11. The quantitative estimate of drug-likeness (QED) is 0.649. The van der Waals surface area contributed by atoms with Crippen LogP contribution in [-0.2, 0) is 11.3 Å². The molecule has 19 heavy (non-hydrogen) atoms. The number of nitrogens with zero attached hydrogens (tertiary/aromatic N) is 2. The number of hydrogen-bond donors (Lipinski definition) is 1. The van der Waals surface area contributed by atoms with Gasteiger partial charge in [0, 0.05) is 24.7 Å². The van der Waals surface area contributed by atoms with Crippen LogP contribution in [0.4, 0.5) is 5.69 Å². The number of benzene rings is 1. The van der Waals surface area contributed by atoms with Crippen molar-refractivity contribution in [3.05, 3.63) is 39.9 Å². The first-order chi connectivity index (χ1) is 9.06. The molecule has 1 unspecified atom stereocenters. The number of carboxylic acid groups (broad SMARTS) is 1. The van der Waals surface area contributed by atoms with E-state index in [0.29, 0.717) is 6.54 Å². The van der Waals surface area contributed by atoms with Gasteiger partial charge in [0.2, 0.25) is 0 Å². The molecule has 1 heterocycles. The number of carboxylic acids is 1. The van der Waals surface area contributed by atoms with E-state index in [2.05, 4.69) is 4.90 Å². The lowest BCUT2D eigenvalue weighted by Crippen LogP contribution is -2.30. The molecule has 1 aromatic rings. The maximum Gasteiger partial charge on any atom is 0.304 e. The molecule has 1 aliphatic rings. The standard InChI is InChI=1S/C13H16N2O4/c16-13(17)8-11-5-2-6-14(11)9-10-3-1-4-12(7-10)15(18)19/h1,3-4,7,11H,2,5-6,8-9H2,(H,16,17). The van der Waals surface area contributed by atoms with Crippen LogP contribution in [-0.4, -0.2) is 33.5 Å². The molecule has 6 nitrogen and oxygen atoms in total. The van der Waals surface area contributed by atoms with Crippen LogP contribution >= 0.6 is 0 Å². The van der Waals surface area contributed by atoms with Crippen LogP contribution in [0.3, 0.4) is 0 Å². The highest BCUT2D eigenvalue weighted by molar-refractivity contribution is 5.67. The Morgan fingerprint density at radius 2 is 2.32 bits per heavy atom. The predicted molar refractivity (Wildman–Crippen MR) is 68.8 cm³/mol. The summed E-state index contributed by atoms with van der Waals surface area (Å²) in [6, 6.07) is 6.55. The van der Waals surface area contributed by atoms with Gasteiger partial charge in [0.1, 0.15) is 0 Å². The third-order valence-electron chi connectivity index (χ3n) is 3.42. The van der Waals surface area contributed by atoms with Crippen molar-refractivity contribution < 1.29 is 14.8 Å². The highest BCUT2D eigenvalue weighted by Gasteiger charge is 2.26. The largest absolute Gasteiger partial charge is 0.481 e. The second-order valence-electron chi connectivity index (χ2n) is 4.79. The highest BCUT2D eigenvalue weighted by Crippen LogP contribution is 2.23. The molecule has 2 rings (SSSR count). The summed E-state index contributed by atoms with van der Waals surface area (Å²) in [6.07, 6.45) is 1.99. The van der Waals surface area contributed by atoms with Crippen molar-refractivity contribution in [3.8, 4) is 0 Å². The third kappa shape index (κ3) is 3.51. The van der Waals surface area contributed by atoms with Crippen LogP contribution in [0.2, 0.25) is 0 Å². The molecule has 0 radical (unpaired) electrons. The summed E-state index contributed by atoms with van der Waals surface area (Å²) in [6.45, 7) is 1.42. The lowest BCUT2D eigenvalue weighted by Gasteiger charge is -2.23. The van der Waals surface area contributed by atoms with Crippen LogP contribution in [0.15, 0.2) is 24.3 Å². The molecule has 1 aromatic carbocycles. The number of non-ortho nitro benzene ring substituents is 1. The molecule has 1 N–H and O–H groups in total. The minimum absolute atomic E-state index is 0.0387. The van der Waals surface area contributed by atoms with Crippen molar-refractivity contribution >= 4 is 11.7 Å². The monoisotopic (exact) mass is 264 g/mol. The molecule has 6 heteroatoms. The maximum absolute atomic E-state index is 10.8. The molecular formula is C13H16N2O4. The van der Waals surface area contributed by atoms with Gasteiger partial charge in [-0.1, -0.05) is 12.1 Å². The summed E-state index contributed by atoms with van der Waals surface area (Å²) in [5, 5.41) is 19.6. The van der Waals surface area contributed by atoms with Gasteiger partial charge in [-0.15, -0.1) is 0 Å². The van der Waals surface area contributed by atoms with Gasteiger partial charge in [0.05, 0.1) is 11.3 Å². The third-order valence-corrected chi connectivity index (χ3v) is 3.42. The summed E-state index contributed by atoms with van der Waals surface area (Å²) in [7, 11) is 0. The van der Waals surface area contributed by atoms with Crippen LogP contribution in [0, 0.1) is 10.1 Å². The van der Waals surface area contributed by atoms with Crippen molar-refractivity contribution in [3.63, 3.8) is 0 Å². The molecule has 1 aliphatic heterocycles. The zero-order valence-corrected chi connectivity index (χ0v) is 10.5. The van der Waals surface area contributed by atoms with E-state index in [-0.39, 0.29) is 18.2 Å². The van der Waals surface area contributed by atoms with Gasteiger partial charge in [0.15, 0.2) is 0 Å². The zero-order valence-electron chi connectivity index (χ0n) is 10.5. The fourth-order valence-electron chi connectivity index (χ4n) is 2.54. The van der Waals surface area contributed by atoms with E-state index >= 15 is 0 Å². The highest BCUT2D eigenvalue weighted by atomic mass is 16.6. The first kappa shape index (κ1) is 13.5. The van der Waals surface area contributed by atoms with E-state index in [1.807, 2.05) is 6.07 Å². The van der Waals surface area contributed by atoms with Gasteiger partial charge in [-0.05, 0) is 24.9 Å². The summed E-state index contributed by atoms with van der Waals surface area (Å²) in [5.41, 5.74) is 0.929. The smallest absolute Gasteiger partial charge is 0.304 e. The second-order valence-corrected chi connectivity index (χ2v) is 4.79. The summed E-state index contributed by atoms with van der Waals surface area (Å²) in [5.74, 6) is -0.795. The average molecular weight is 264 g/mol. The van der Waals surface area contributed by atoms with Crippen molar-refractivity contribution in [2.24, 2.45) is 0 Å². The Morgan fingerprint density at radius 3 is 3.00 bits per heavy atom. The minimum Gasteiger partial charge on any atom is -0.481 e. The van der Waals surface area contributed by atoms with Gasteiger partial charge in [-0.2, -0.15) is 0 Å². The van der Waals surface area contributed by atoms with Crippen LogP contribution < -0.4 is 0 Å². The van der Waals surface area contributed by atoms with E-state index in [1.54, 1.807) is 12.1 Å². The van der Waals surface area contributed by atoms with E-state index in [0.717, 1.165) is 24.9 Å². The first-order valence-corrected chi connectivity index (χ1v) is 6.25. The first-order valence-electron chi connectivity index (χ1n) is 6.25. The lowest BCUT2D eigenvalue weighted by atomic mass is 10.1. The van der Waals surface area contributed by atoms with Crippen molar-refractivity contribution in [1.29, 1.82) is 0 Å². The topological polar surface area (TPSA) is 83.7 Å². The molecule has 0 bridgehead atoms. The Balaban J connectivity index is 2.05. The van der Waals surface area contributed by atoms with Crippen molar-refractivity contribution in [2.45, 2.75) is 31.8 Å². The molecule has 0 aliphatic carbocycles. The number of likely N-dealkylation sites (tertiary alicyclic amines) is 1. The number of rotatable bonds is 5. The van der Waals surface area contributed by atoms with Gasteiger partial charge in [-0.25, -0.2) is 0 Å². The normalized spacial score (nSPS) is 19.5. The fraction of sp³-hybridized carbons (Fsp3) is 0.462. The molecule has 0 spiro atoms. The minimum atomic E-state index is -0.795. The Labute approximate surface area is 110 Å². The molecule has 0 amide bonds. The van der Waals surface area contributed by atoms with Crippen molar-refractivity contribution in [1.82, 2.24) is 4.90 Å². The van der Waals surface area contributed by atoms with E-state index in [1.165, 1.54) is 6.07 Å². The Hall–Kier alpha value is -1.95. The Morgan fingerprint density at radius 1 is 1.53 bits per heavy atom. The number of aliphatic carboxylic acids is 1. The summed E-state index contributed by atoms with van der Waals surface area (Å²) >= 11 is 0. The van der Waals surface area contributed by atoms with E-state index in [9.17, 15) is 14.9 Å². The maximum atomic E-state index is 10.8. The van der Waals surface area contributed by atoms with Crippen LogP contribution in [0.25, 0.3) is 0 Å².